The minimum atomic E-state index is -0.194. The summed E-state index contributed by atoms with van der Waals surface area (Å²) in [6, 6.07) is 3.38. The molecule has 1 aliphatic rings. The van der Waals surface area contributed by atoms with Gasteiger partial charge in [0.25, 0.3) is 5.91 Å². The van der Waals surface area contributed by atoms with E-state index in [0.717, 1.165) is 19.4 Å². The van der Waals surface area contributed by atoms with Crippen molar-refractivity contribution in [2.45, 2.75) is 12.8 Å². The third kappa shape index (κ3) is 3.56. The van der Waals surface area contributed by atoms with Crippen LogP contribution in [-0.4, -0.2) is 52.3 Å². The van der Waals surface area contributed by atoms with E-state index < -0.39 is 0 Å². The first-order valence-corrected chi connectivity index (χ1v) is 6.70. The van der Waals surface area contributed by atoms with Crippen LogP contribution in [0.4, 0.5) is 0 Å². The van der Waals surface area contributed by atoms with E-state index in [4.69, 9.17) is 10.2 Å². The standard InChI is InChI=1S/C15H18N2O3/c18-8-1-2-12-3-4-14(16-10-12)15(20)17-7-5-13(11-17)6-9-19/h3-4,10,13,18-19H,5-9,11H2. The summed E-state index contributed by atoms with van der Waals surface area (Å²) >= 11 is 0. The first kappa shape index (κ1) is 14.5. The second-order valence-corrected chi connectivity index (χ2v) is 4.81. The van der Waals surface area contributed by atoms with Gasteiger partial charge in [0.15, 0.2) is 0 Å². The molecular formula is C15H18N2O3. The maximum Gasteiger partial charge on any atom is 0.272 e. The molecule has 1 aromatic rings. The van der Waals surface area contributed by atoms with Gasteiger partial charge in [-0.05, 0) is 30.9 Å². The van der Waals surface area contributed by atoms with Crippen molar-refractivity contribution < 1.29 is 15.0 Å². The first-order valence-electron chi connectivity index (χ1n) is 6.70. The highest BCUT2D eigenvalue weighted by atomic mass is 16.3. The molecular weight excluding hydrogens is 256 g/mol. The topological polar surface area (TPSA) is 73.7 Å². The summed E-state index contributed by atoms with van der Waals surface area (Å²) in [6.45, 7) is 1.38. The van der Waals surface area contributed by atoms with Crippen LogP contribution < -0.4 is 0 Å². The van der Waals surface area contributed by atoms with Gasteiger partial charge in [0.1, 0.15) is 12.3 Å². The summed E-state index contributed by atoms with van der Waals surface area (Å²) in [5.74, 6) is 5.58. The maximum atomic E-state index is 12.2. The van der Waals surface area contributed by atoms with E-state index in [1.54, 1.807) is 17.0 Å². The zero-order chi connectivity index (χ0) is 14.4. The van der Waals surface area contributed by atoms with Gasteiger partial charge in [0.2, 0.25) is 0 Å². The van der Waals surface area contributed by atoms with Gasteiger partial charge in [-0.1, -0.05) is 11.8 Å². The molecule has 1 amide bonds. The van der Waals surface area contributed by atoms with Crippen LogP contribution in [-0.2, 0) is 0 Å². The minimum absolute atomic E-state index is 0.0768. The molecule has 0 radical (unpaired) electrons. The summed E-state index contributed by atoms with van der Waals surface area (Å²) in [4.78, 5) is 18.1. The number of aliphatic hydroxyl groups excluding tert-OH is 2. The molecule has 1 saturated heterocycles. The van der Waals surface area contributed by atoms with Crippen molar-refractivity contribution in [2.75, 3.05) is 26.3 Å². The Kier molecular flexibility index (Phi) is 5.10. The number of nitrogens with zero attached hydrogens (tertiary/aromatic N) is 2. The monoisotopic (exact) mass is 274 g/mol. The largest absolute Gasteiger partial charge is 0.396 e. The molecule has 0 bridgehead atoms. The number of hydrogen-bond acceptors (Lipinski definition) is 4. The molecule has 0 aromatic carbocycles. The second-order valence-electron chi connectivity index (χ2n) is 4.81. The molecule has 0 aliphatic carbocycles. The number of carbonyl (C=O) groups excluding carboxylic acids is 1. The Labute approximate surface area is 118 Å². The van der Waals surface area contributed by atoms with E-state index in [1.807, 2.05) is 0 Å². The lowest BCUT2D eigenvalue weighted by molar-refractivity contribution is 0.0779. The Morgan fingerprint density at radius 2 is 2.30 bits per heavy atom. The zero-order valence-electron chi connectivity index (χ0n) is 11.2. The van der Waals surface area contributed by atoms with E-state index in [2.05, 4.69) is 16.8 Å². The smallest absolute Gasteiger partial charge is 0.272 e. The Balaban J connectivity index is 1.99. The van der Waals surface area contributed by atoms with Gasteiger partial charge in [0.05, 0.1) is 0 Å². The summed E-state index contributed by atoms with van der Waals surface area (Å²) < 4.78 is 0. The van der Waals surface area contributed by atoms with Gasteiger partial charge in [0, 0.05) is 31.5 Å². The molecule has 2 N–H and O–H groups in total. The van der Waals surface area contributed by atoms with Gasteiger partial charge in [-0.2, -0.15) is 0 Å². The number of aliphatic hydroxyl groups is 2. The van der Waals surface area contributed by atoms with E-state index in [1.165, 1.54) is 6.20 Å². The predicted octanol–water partition coefficient (Wildman–Crippen LogP) is 0.270. The fourth-order valence-electron chi connectivity index (χ4n) is 2.33. The normalized spacial score (nSPS) is 17.7. The van der Waals surface area contributed by atoms with Gasteiger partial charge >= 0.3 is 0 Å². The summed E-state index contributed by atoms with van der Waals surface area (Å²) in [7, 11) is 0. The summed E-state index contributed by atoms with van der Waals surface area (Å²) in [5, 5.41) is 17.5. The zero-order valence-corrected chi connectivity index (χ0v) is 11.2. The maximum absolute atomic E-state index is 12.2. The number of likely N-dealkylation sites (tertiary alicyclic amines) is 1. The second kappa shape index (κ2) is 7.04. The SMILES string of the molecule is O=C(c1ccc(C#CCO)cn1)N1CCC(CCO)C1. The Morgan fingerprint density at radius 3 is 2.95 bits per heavy atom. The third-order valence-electron chi connectivity index (χ3n) is 3.40. The molecule has 0 spiro atoms. The molecule has 0 saturated carbocycles. The quantitative estimate of drug-likeness (QED) is 0.776. The highest BCUT2D eigenvalue weighted by molar-refractivity contribution is 5.92. The molecule has 1 unspecified atom stereocenters. The lowest BCUT2D eigenvalue weighted by Gasteiger charge is -2.15. The fraction of sp³-hybridized carbons (Fsp3) is 0.467. The molecule has 20 heavy (non-hydrogen) atoms. The summed E-state index contributed by atoms with van der Waals surface area (Å²) in [5.41, 5.74) is 1.08. The van der Waals surface area contributed by atoms with E-state index in [-0.39, 0.29) is 19.1 Å². The number of rotatable bonds is 3. The van der Waals surface area contributed by atoms with Crippen LogP contribution >= 0.6 is 0 Å². The number of carbonyl (C=O) groups is 1. The van der Waals surface area contributed by atoms with Crippen LogP contribution in [0.25, 0.3) is 0 Å². The lowest BCUT2D eigenvalue weighted by atomic mass is 10.1. The van der Waals surface area contributed by atoms with Crippen molar-refractivity contribution >= 4 is 5.91 Å². The molecule has 5 nitrogen and oxygen atoms in total. The van der Waals surface area contributed by atoms with Crippen molar-refractivity contribution in [3.8, 4) is 11.8 Å². The van der Waals surface area contributed by atoms with Gasteiger partial charge in [-0.3, -0.25) is 4.79 Å². The lowest BCUT2D eigenvalue weighted by Crippen LogP contribution is -2.29. The number of hydrogen-bond donors (Lipinski definition) is 2. The predicted molar refractivity (Wildman–Crippen MR) is 73.9 cm³/mol. The highest BCUT2D eigenvalue weighted by Gasteiger charge is 2.26. The summed E-state index contributed by atoms with van der Waals surface area (Å²) in [6.07, 6.45) is 3.22. The number of amides is 1. The number of aromatic nitrogens is 1. The average Bonchev–Trinajstić information content (AvgIpc) is 2.94. The fourth-order valence-corrected chi connectivity index (χ4v) is 2.33. The molecule has 1 aliphatic heterocycles. The number of pyridine rings is 1. The van der Waals surface area contributed by atoms with Crippen molar-refractivity contribution in [3.05, 3.63) is 29.6 Å². The molecule has 1 fully saturated rings. The molecule has 1 aromatic heterocycles. The minimum Gasteiger partial charge on any atom is -0.396 e. The molecule has 1 atom stereocenters. The van der Waals surface area contributed by atoms with Crippen LogP contribution in [0.15, 0.2) is 18.3 Å². The van der Waals surface area contributed by atoms with E-state index in [9.17, 15) is 4.79 Å². The van der Waals surface area contributed by atoms with E-state index in [0.29, 0.717) is 23.7 Å². The Bertz CT molecular complexity index is 516. The van der Waals surface area contributed by atoms with Crippen molar-refractivity contribution in [1.29, 1.82) is 0 Å². The van der Waals surface area contributed by atoms with Crippen molar-refractivity contribution in [3.63, 3.8) is 0 Å². The van der Waals surface area contributed by atoms with Crippen LogP contribution in [0, 0.1) is 17.8 Å². The van der Waals surface area contributed by atoms with Gasteiger partial charge < -0.3 is 15.1 Å². The van der Waals surface area contributed by atoms with Crippen LogP contribution in [0.3, 0.4) is 0 Å². The van der Waals surface area contributed by atoms with Crippen molar-refractivity contribution in [1.82, 2.24) is 9.88 Å². The van der Waals surface area contributed by atoms with E-state index >= 15 is 0 Å². The van der Waals surface area contributed by atoms with Crippen LogP contribution in [0.1, 0.15) is 28.9 Å². The molecule has 2 heterocycles. The molecule has 2 rings (SSSR count). The molecule has 5 heteroatoms. The van der Waals surface area contributed by atoms with Gasteiger partial charge in [-0.25, -0.2) is 4.98 Å². The Hall–Kier alpha value is -1.90. The van der Waals surface area contributed by atoms with Gasteiger partial charge in [-0.15, -0.1) is 0 Å². The average molecular weight is 274 g/mol. The van der Waals surface area contributed by atoms with Crippen LogP contribution in [0.5, 0.6) is 0 Å². The van der Waals surface area contributed by atoms with Crippen molar-refractivity contribution in [2.24, 2.45) is 5.92 Å². The Morgan fingerprint density at radius 1 is 1.45 bits per heavy atom. The third-order valence-corrected chi connectivity index (χ3v) is 3.40. The van der Waals surface area contributed by atoms with Crippen LogP contribution in [0.2, 0.25) is 0 Å². The highest BCUT2D eigenvalue weighted by Crippen LogP contribution is 2.20. The molecule has 106 valence electrons. The first-order chi connectivity index (χ1) is 9.74.